The molecule has 1 amide bonds. The average Bonchev–Trinajstić information content (AvgIpc) is 2.49. The van der Waals surface area contributed by atoms with Crippen LogP contribution < -0.4 is 10.1 Å². The molecule has 2 aromatic rings. The van der Waals surface area contributed by atoms with Crippen molar-refractivity contribution in [3.63, 3.8) is 0 Å². The van der Waals surface area contributed by atoms with Crippen LogP contribution in [0.1, 0.15) is 11.1 Å². The first-order chi connectivity index (χ1) is 10.5. The topological polar surface area (TPSA) is 38.3 Å². The molecule has 0 atom stereocenters. The van der Waals surface area contributed by atoms with E-state index in [-0.39, 0.29) is 5.91 Å². The van der Waals surface area contributed by atoms with E-state index in [1.54, 1.807) is 37.5 Å². The highest BCUT2D eigenvalue weighted by molar-refractivity contribution is 6.32. The van der Waals surface area contributed by atoms with Gasteiger partial charge in [-0.05, 0) is 48.4 Å². The predicted molar refractivity (Wildman–Crippen MR) is 91.9 cm³/mol. The van der Waals surface area contributed by atoms with Gasteiger partial charge in [-0.1, -0.05) is 35.3 Å². The lowest BCUT2D eigenvalue weighted by molar-refractivity contribution is -0.111. The Morgan fingerprint density at radius 1 is 1.14 bits per heavy atom. The molecule has 0 aliphatic heterocycles. The first kappa shape index (κ1) is 16.4. The summed E-state index contributed by atoms with van der Waals surface area (Å²) in [4.78, 5) is 11.9. The van der Waals surface area contributed by atoms with Crippen molar-refractivity contribution in [2.75, 3.05) is 12.4 Å². The Bertz CT molecular complexity index is 727. The molecular formula is C17H15Cl2NO2. The predicted octanol–water partition coefficient (Wildman–Crippen LogP) is 4.96. The van der Waals surface area contributed by atoms with E-state index in [4.69, 9.17) is 27.9 Å². The molecule has 0 aromatic heterocycles. The van der Waals surface area contributed by atoms with Crippen molar-refractivity contribution in [1.82, 2.24) is 0 Å². The van der Waals surface area contributed by atoms with Crippen LogP contribution in [0.3, 0.4) is 0 Å². The highest BCUT2D eigenvalue weighted by Gasteiger charge is 2.02. The summed E-state index contributed by atoms with van der Waals surface area (Å²) in [6, 6.07) is 10.7. The Hall–Kier alpha value is -1.97. The number of anilines is 1. The molecule has 2 rings (SSSR count). The number of amides is 1. The Morgan fingerprint density at radius 2 is 1.91 bits per heavy atom. The van der Waals surface area contributed by atoms with Gasteiger partial charge in [-0.2, -0.15) is 0 Å². The van der Waals surface area contributed by atoms with E-state index in [1.165, 1.54) is 6.08 Å². The Morgan fingerprint density at radius 3 is 2.55 bits per heavy atom. The van der Waals surface area contributed by atoms with E-state index in [0.29, 0.717) is 21.5 Å². The van der Waals surface area contributed by atoms with Crippen molar-refractivity contribution in [2.24, 2.45) is 0 Å². The molecule has 0 spiro atoms. The zero-order valence-corrected chi connectivity index (χ0v) is 13.7. The molecule has 5 heteroatoms. The van der Waals surface area contributed by atoms with E-state index in [9.17, 15) is 4.79 Å². The zero-order valence-electron chi connectivity index (χ0n) is 12.2. The lowest BCUT2D eigenvalue weighted by Crippen LogP contribution is -2.07. The fourth-order valence-corrected chi connectivity index (χ4v) is 2.26. The Labute approximate surface area is 139 Å². The van der Waals surface area contributed by atoms with Crippen LogP contribution in [0.5, 0.6) is 5.75 Å². The number of carbonyl (C=O) groups excluding carboxylic acids is 1. The number of hydrogen-bond donors (Lipinski definition) is 1. The quantitative estimate of drug-likeness (QED) is 0.801. The van der Waals surface area contributed by atoms with Gasteiger partial charge in [0.25, 0.3) is 0 Å². The van der Waals surface area contributed by atoms with E-state index in [0.717, 1.165) is 11.1 Å². The number of carbonyl (C=O) groups is 1. The van der Waals surface area contributed by atoms with E-state index in [1.807, 2.05) is 19.1 Å². The molecule has 0 fully saturated rings. The van der Waals surface area contributed by atoms with Crippen LogP contribution in [0, 0.1) is 6.92 Å². The third kappa shape index (κ3) is 4.26. The maximum atomic E-state index is 11.9. The summed E-state index contributed by atoms with van der Waals surface area (Å²) in [6.07, 6.45) is 3.11. The minimum Gasteiger partial charge on any atom is -0.495 e. The average molecular weight is 336 g/mol. The van der Waals surface area contributed by atoms with Crippen LogP contribution in [0.25, 0.3) is 6.08 Å². The van der Waals surface area contributed by atoms with Crippen molar-refractivity contribution in [3.8, 4) is 5.75 Å². The molecule has 2 aromatic carbocycles. The fourth-order valence-electron chi connectivity index (χ4n) is 1.81. The van der Waals surface area contributed by atoms with Gasteiger partial charge in [-0.25, -0.2) is 0 Å². The number of ether oxygens (including phenoxy) is 1. The molecule has 0 unspecified atom stereocenters. The van der Waals surface area contributed by atoms with E-state index >= 15 is 0 Å². The van der Waals surface area contributed by atoms with Gasteiger partial charge in [0, 0.05) is 16.8 Å². The van der Waals surface area contributed by atoms with Crippen molar-refractivity contribution in [2.45, 2.75) is 6.92 Å². The molecule has 0 bridgehead atoms. The lowest BCUT2D eigenvalue weighted by atomic mass is 10.2. The third-order valence-electron chi connectivity index (χ3n) is 3.04. The smallest absolute Gasteiger partial charge is 0.248 e. The molecule has 0 saturated carbocycles. The number of benzene rings is 2. The summed E-state index contributed by atoms with van der Waals surface area (Å²) >= 11 is 12.1. The monoisotopic (exact) mass is 335 g/mol. The van der Waals surface area contributed by atoms with Crippen LogP contribution in [0.15, 0.2) is 42.5 Å². The summed E-state index contributed by atoms with van der Waals surface area (Å²) in [7, 11) is 1.55. The van der Waals surface area contributed by atoms with E-state index < -0.39 is 0 Å². The summed E-state index contributed by atoms with van der Waals surface area (Å²) in [6.45, 7) is 1.90. The zero-order chi connectivity index (χ0) is 16.1. The second-order valence-electron chi connectivity index (χ2n) is 4.68. The highest BCUT2D eigenvalue weighted by atomic mass is 35.5. The third-order valence-corrected chi connectivity index (χ3v) is 3.74. The highest BCUT2D eigenvalue weighted by Crippen LogP contribution is 2.25. The standard InChI is InChI=1S/C17H15Cl2NO2/c1-11-3-6-13(10-14(11)18)20-17(21)8-5-12-4-7-16(22-2)15(19)9-12/h3-10H,1-2H3,(H,20,21)/b8-5+. The first-order valence-electron chi connectivity index (χ1n) is 6.58. The maximum Gasteiger partial charge on any atom is 0.248 e. The number of aryl methyl sites for hydroxylation is 1. The SMILES string of the molecule is COc1ccc(/C=C/C(=O)Nc2ccc(C)c(Cl)c2)cc1Cl. The number of methoxy groups -OCH3 is 1. The molecule has 0 aliphatic rings. The molecule has 0 heterocycles. The van der Waals surface area contributed by atoms with Crippen LogP contribution in [-0.4, -0.2) is 13.0 Å². The first-order valence-corrected chi connectivity index (χ1v) is 7.34. The normalized spacial score (nSPS) is 10.7. The van der Waals surface area contributed by atoms with Gasteiger partial charge in [0.05, 0.1) is 12.1 Å². The van der Waals surface area contributed by atoms with Crippen molar-refractivity contribution in [1.29, 1.82) is 0 Å². The second kappa shape index (κ2) is 7.34. The van der Waals surface area contributed by atoms with Crippen molar-refractivity contribution in [3.05, 3.63) is 63.6 Å². The number of halogens is 2. The summed E-state index contributed by atoms with van der Waals surface area (Å²) in [5, 5.41) is 3.86. The van der Waals surface area contributed by atoms with Gasteiger partial charge in [-0.3, -0.25) is 4.79 Å². The minimum absolute atomic E-state index is 0.244. The molecule has 22 heavy (non-hydrogen) atoms. The van der Waals surface area contributed by atoms with Crippen LogP contribution >= 0.6 is 23.2 Å². The molecule has 0 radical (unpaired) electrons. The lowest BCUT2D eigenvalue weighted by Gasteiger charge is -2.05. The molecule has 0 aliphatic carbocycles. The van der Waals surface area contributed by atoms with Crippen molar-refractivity contribution >= 4 is 40.9 Å². The van der Waals surface area contributed by atoms with Crippen LogP contribution in [-0.2, 0) is 4.79 Å². The maximum absolute atomic E-state index is 11.9. The van der Waals surface area contributed by atoms with Gasteiger partial charge in [0.15, 0.2) is 0 Å². The number of rotatable bonds is 4. The molecule has 3 nitrogen and oxygen atoms in total. The van der Waals surface area contributed by atoms with Crippen LogP contribution in [0.4, 0.5) is 5.69 Å². The largest absolute Gasteiger partial charge is 0.495 e. The fraction of sp³-hybridized carbons (Fsp3) is 0.118. The minimum atomic E-state index is -0.244. The summed E-state index contributed by atoms with van der Waals surface area (Å²) in [5.41, 5.74) is 2.42. The van der Waals surface area contributed by atoms with Gasteiger partial charge in [-0.15, -0.1) is 0 Å². The Kier molecular flexibility index (Phi) is 5.47. The molecular weight excluding hydrogens is 321 g/mol. The second-order valence-corrected chi connectivity index (χ2v) is 5.49. The van der Waals surface area contributed by atoms with Gasteiger partial charge in [0.1, 0.15) is 5.75 Å². The molecule has 1 N–H and O–H groups in total. The van der Waals surface area contributed by atoms with E-state index in [2.05, 4.69) is 5.32 Å². The Balaban J connectivity index is 2.04. The van der Waals surface area contributed by atoms with Gasteiger partial charge in [0.2, 0.25) is 5.91 Å². The van der Waals surface area contributed by atoms with Crippen LogP contribution in [0.2, 0.25) is 10.0 Å². The van der Waals surface area contributed by atoms with Crippen molar-refractivity contribution < 1.29 is 9.53 Å². The summed E-state index contributed by atoms with van der Waals surface area (Å²) < 4.78 is 5.08. The number of nitrogens with one attached hydrogen (secondary N) is 1. The number of hydrogen-bond acceptors (Lipinski definition) is 2. The molecule has 114 valence electrons. The van der Waals surface area contributed by atoms with Gasteiger partial charge < -0.3 is 10.1 Å². The molecule has 0 saturated heterocycles. The summed E-state index contributed by atoms with van der Waals surface area (Å²) in [5.74, 6) is 0.351. The van der Waals surface area contributed by atoms with Gasteiger partial charge >= 0.3 is 0 Å².